The maximum Gasteiger partial charge on any atom is 0.238 e. The molecule has 3 heterocycles. The van der Waals surface area contributed by atoms with Gasteiger partial charge in [-0.2, -0.15) is 0 Å². The number of primary sulfonamides is 1. The molecule has 1 unspecified atom stereocenters. The predicted molar refractivity (Wildman–Crippen MR) is 133 cm³/mol. The van der Waals surface area contributed by atoms with Crippen molar-refractivity contribution >= 4 is 33.3 Å². The molecule has 192 valence electrons. The van der Waals surface area contributed by atoms with E-state index in [2.05, 4.69) is 14.9 Å². The van der Waals surface area contributed by atoms with E-state index in [1.807, 2.05) is 4.90 Å². The predicted octanol–water partition coefficient (Wildman–Crippen LogP) is 2.77. The lowest BCUT2D eigenvalue weighted by Crippen LogP contribution is -2.73. The highest BCUT2D eigenvalue weighted by molar-refractivity contribution is 7.89. The number of ether oxygens (including phenoxy) is 1. The molecule has 9 nitrogen and oxygen atoms in total. The van der Waals surface area contributed by atoms with Crippen molar-refractivity contribution in [2.24, 2.45) is 16.5 Å². The van der Waals surface area contributed by atoms with Crippen LogP contribution in [0.4, 0.5) is 10.2 Å². The summed E-state index contributed by atoms with van der Waals surface area (Å²) < 4.78 is 42.6. The molecule has 37 heavy (non-hydrogen) atoms. The van der Waals surface area contributed by atoms with Crippen molar-refractivity contribution in [1.82, 2.24) is 14.9 Å². The largest absolute Gasteiger partial charge is 0.450 e. The number of nitrogens with zero attached hydrogens (tertiary/aromatic N) is 4. The van der Waals surface area contributed by atoms with Crippen molar-refractivity contribution in [3.63, 3.8) is 0 Å². The van der Waals surface area contributed by atoms with Crippen LogP contribution in [0.25, 0.3) is 0 Å². The number of halogens is 2. The van der Waals surface area contributed by atoms with E-state index >= 15 is 0 Å². The number of amides is 1. The standard InChI is InChI=1S/C25H23ClFN5O4S/c26-20-8-18(27)2-4-21(20)36-22-9-29-14-30-23(22)31-10-25(11-31)12-32(13-25)24(33)17-5-15-1-3-19(37(28,34)35)7-16(15)6-17/h1-4,7-9,14,17H,5-6,10-13H2,(H2,28,34,35). The van der Waals surface area contributed by atoms with E-state index < -0.39 is 15.8 Å². The smallest absolute Gasteiger partial charge is 0.238 e. The molecular weight excluding hydrogens is 521 g/mol. The SMILES string of the molecule is NS(=O)(=O)c1ccc2c(c1)CC(C(=O)N1CC3(C1)CN(c1ncncc1Oc1ccc(F)cc1Cl)C3)C2. The van der Waals surface area contributed by atoms with Crippen molar-refractivity contribution in [2.45, 2.75) is 17.7 Å². The number of benzene rings is 2. The number of carbonyl (C=O) groups is 1. The van der Waals surface area contributed by atoms with Crippen LogP contribution in [0, 0.1) is 17.2 Å². The lowest BCUT2D eigenvalue weighted by molar-refractivity contribution is -0.149. The van der Waals surface area contributed by atoms with Gasteiger partial charge in [0.25, 0.3) is 0 Å². The fourth-order valence-corrected chi connectivity index (χ4v) is 6.30. The molecule has 12 heteroatoms. The Morgan fingerprint density at radius 1 is 1.08 bits per heavy atom. The molecule has 1 atom stereocenters. The molecule has 2 aromatic carbocycles. The Labute approximate surface area is 218 Å². The Morgan fingerprint density at radius 3 is 2.57 bits per heavy atom. The van der Waals surface area contributed by atoms with Crippen LogP contribution in [0.15, 0.2) is 53.8 Å². The van der Waals surface area contributed by atoms with Crippen LogP contribution in [0.5, 0.6) is 11.5 Å². The number of hydrogen-bond acceptors (Lipinski definition) is 7. The second-order valence-corrected chi connectivity index (χ2v) is 12.0. The van der Waals surface area contributed by atoms with Gasteiger partial charge in [-0.05, 0) is 54.3 Å². The molecule has 1 aromatic heterocycles. The minimum absolute atomic E-state index is 0.00233. The Bertz CT molecular complexity index is 1520. The summed E-state index contributed by atoms with van der Waals surface area (Å²) in [5, 5.41) is 5.40. The molecular formula is C25H23ClFN5O4S. The summed E-state index contributed by atoms with van der Waals surface area (Å²) in [6.45, 7) is 2.74. The van der Waals surface area contributed by atoms with Crippen LogP contribution >= 0.6 is 11.6 Å². The Hall–Kier alpha value is -3.28. The van der Waals surface area contributed by atoms with E-state index in [0.717, 1.165) is 11.1 Å². The minimum atomic E-state index is -3.78. The third-order valence-corrected chi connectivity index (χ3v) is 8.48. The van der Waals surface area contributed by atoms with E-state index in [0.29, 0.717) is 56.3 Å². The summed E-state index contributed by atoms with van der Waals surface area (Å²) in [7, 11) is -3.78. The monoisotopic (exact) mass is 543 g/mol. The molecule has 0 bridgehead atoms. The molecule has 2 saturated heterocycles. The van der Waals surface area contributed by atoms with E-state index in [9.17, 15) is 17.6 Å². The second kappa shape index (κ2) is 8.64. The molecule has 2 aliphatic heterocycles. The number of sulfonamides is 1. The Balaban J connectivity index is 1.07. The maximum absolute atomic E-state index is 13.4. The van der Waals surface area contributed by atoms with Crippen molar-refractivity contribution in [1.29, 1.82) is 0 Å². The van der Waals surface area contributed by atoms with Gasteiger partial charge in [0, 0.05) is 37.5 Å². The van der Waals surface area contributed by atoms with Crippen LogP contribution in [0.3, 0.4) is 0 Å². The van der Waals surface area contributed by atoms with Gasteiger partial charge in [0.15, 0.2) is 11.6 Å². The van der Waals surface area contributed by atoms with Gasteiger partial charge in [0.1, 0.15) is 17.9 Å². The normalized spacial score (nSPS) is 19.8. The lowest BCUT2D eigenvalue weighted by Gasteiger charge is -2.60. The van der Waals surface area contributed by atoms with Crippen molar-refractivity contribution < 1.29 is 22.3 Å². The second-order valence-electron chi connectivity index (χ2n) is 10.0. The third-order valence-electron chi connectivity index (χ3n) is 7.28. The number of nitrogens with two attached hydrogens (primary N) is 1. The zero-order valence-electron chi connectivity index (χ0n) is 19.6. The molecule has 3 aliphatic rings. The van der Waals surface area contributed by atoms with Crippen LogP contribution in [-0.4, -0.2) is 55.4 Å². The van der Waals surface area contributed by atoms with Gasteiger partial charge in [-0.1, -0.05) is 17.7 Å². The fraction of sp³-hybridized carbons (Fsp3) is 0.320. The van der Waals surface area contributed by atoms with Crippen molar-refractivity contribution in [3.8, 4) is 11.5 Å². The molecule has 1 amide bonds. The van der Waals surface area contributed by atoms with E-state index in [1.54, 1.807) is 18.3 Å². The molecule has 1 spiro atoms. The van der Waals surface area contributed by atoms with Gasteiger partial charge in [-0.3, -0.25) is 4.79 Å². The van der Waals surface area contributed by atoms with Crippen molar-refractivity contribution in [2.75, 3.05) is 31.1 Å². The zero-order valence-corrected chi connectivity index (χ0v) is 21.2. The topological polar surface area (TPSA) is 119 Å². The number of hydrogen-bond donors (Lipinski definition) is 1. The van der Waals surface area contributed by atoms with Gasteiger partial charge in [-0.25, -0.2) is 27.9 Å². The highest BCUT2D eigenvalue weighted by Crippen LogP contribution is 2.45. The first-order valence-corrected chi connectivity index (χ1v) is 13.6. The number of anilines is 1. The van der Waals surface area contributed by atoms with Crippen molar-refractivity contribution in [3.05, 3.63) is 70.9 Å². The highest BCUT2D eigenvalue weighted by atomic mass is 35.5. The van der Waals surface area contributed by atoms with Crippen LogP contribution in [0.1, 0.15) is 11.1 Å². The first-order chi connectivity index (χ1) is 17.6. The number of rotatable bonds is 5. The van der Waals surface area contributed by atoms with E-state index in [-0.39, 0.29) is 27.2 Å². The average molecular weight is 544 g/mol. The van der Waals surface area contributed by atoms with Gasteiger partial charge in [0.05, 0.1) is 16.1 Å². The molecule has 3 aromatic rings. The summed E-state index contributed by atoms with van der Waals surface area (Å²) in [6, 6.07) is 8.74. The molecule has 1 aliphatic carbocycles. The number of aromatic nitrogens is 2. The molecule has 6 rings (SSSR count). The van der Waals surface area contributed by atoms with Gasteiger partial charge in [0.2, 0.25) is 15.9 Å². The molecule has 2 fully saturated rings. The zero-order chi connectivity index (χ0) is 25.9. The molecule has 0 radical (unpaired) electrons. The quantitative estimate of drug-likeness (QED) is 0.525. The van der Waals surface area contributed by atoms with Crippen LogP contribution in [0.2, 0.25) is 5.02 Å². The number of carbonyl (C=O) groups excluding carboxylic acids is 1. The minimum Gasteiger partial charge on any atom is -0.450 e. The maximum atomic E-state index is 13.4. The van der Waals surface area contributed by atoms with E-state index in [1.165, 1.54) is 30.6 Å². The summed E-state index contributed by atoms with van der Waals surface area (Å²) >= 11 is 6.10. The fourth-order valence-electron chi connectivity index (χ4n) is 5.53. The lowest BCUT2D eigenvalue weighted by atomic mass is 9.72. The molecule has 0 saturated carbocycles. The summed E-state index contributed by atoms with van der Waals surface area (Å²) in [5.74, 6) is 0.785. The van der Waals surface area contributed by atoms with Crippen LogP contribution < -0.4 is 14.8 Å². The number of likely N-dealkylation sites (tertiary alicyclic amines) is 1. The van der Waals surface area contributed by atoms with Crippen LogP contribution in [-0.2, 0) is 27.7 Å². The third kappa shape index (κ3) is 4.41. The average Bonchev–Trinajstić information content (AvgIpc) is 3.23. The first kappa shape index (κ1) is 24.1. The number of fused-ring (bicyclic) bond motifs is 1. The summed E-state index contributed by atoms with van der Waals surface area (Å²) in [5.41, 5.74) is 1.86. The summed E-state index contributed by atoms with van der Waals surface area (Å²) in [6.07, 6.45) is 4.10. The highest BCUT2D eigenvalue weighted by Gasteiger charge is 2.54. The van der Waals surface area contributed by atoms with Gasteiger partial charge < -0.3 is 14.5 Å². The first-order valence-electron chi connectivity index (χ1n) is 11.7. The molecule has 2 N–H and O–H groups in total. The summed E-state index contributed by atoms with van der Waals surface area (Å²) in [4.78, 5) is 25.6. The Morgan fingerprint density at radius 2 is 1.84 bits per heavy atom. The van der Waals surface area contributed by atoms with E-state index in [4.69, 9.17) is 21.5 Å². The van der Waals surface area contributed by atoms with Gasteiger partial charge in [-0.15, -0.1) is 0 Å². The van der Waals surface area contributed by atoms with Gasteiger partial charge >= 0.3 is 0 Å². The Kier molecular flexibility index (Phi) is 5.62.